The zero-order valence-corrected chi connectivity index (χ0v) is 14.4. The van der Waals surface area contributed by atoms with Gasteiger partial charge in [0.15, 0.2) is 0 Å². The molecule has 2 rings (SSSR count). The van der Waals surface area contributed by atoms with E-state index in [1.807, 2.05) is 0 Å². The third kappa shape index (κ3) is 4.64. The van der Waals surface area contributed by atoms with Gasteiger partial charge in [-0.25, -0.2) is 0 Å². The number of carbonyl (C=O) groups is 1. The Bertz CT molecular complexity index is 502. The average molecular weight is 370 g/mol. The second-order valence-electron chi connectivity index (χ2n) is 5.08. The molecule has 21 heavy (non-hydrogen) atoms. The van der Waals surface area contributed by atoms with Crippen LogP contribution in [0.25, 0.3) is 0 Å². The normalized spacial score (nSPS) is 16.6. The average Bonchev–Trinajstić information content (AvgIpc) is 2.70. The molecule has 1 saturated heterocycles. The lowest BCUT2D eigenvalue weighted by Crippen LogP contribution is -2.34. The van der Waals surface area contributed by atoms with Gasteiger partial charge in [0.2, 0.25) is 5.91 Å². The van der Waals surface area contributed by atoms with E-state index < -0.39 is 0 Å². The molecule has 1 aromatic carbocycles. The van der Waals surface area contributed by atoms with E-state index in [9.17, 15) is 4.79 Å². The minimum absolute atomic E-state index is 0.168. The molecule has 0 radical (unpaired) electrons. The molecular formula is C14H16Cl4N2O. The van der Waals surface area contributed by atoms with Gasteiger partial charge in [-0.1, -0.05) is 59.2 Å². The Balaban J connectivity index is 2.05. The monoisotopic (exact) mass is 368 g/mol. The van der Waals surface area contributed by atoms with E-state index in [0.29, 0.717) is 6.54 Å². The number of benzene rings is 1. The van der Waals surface area contributed by atoms with Crippen LogP contribution in [0, 0.1) is 0 Å². The van der Waals surface area contributed by atoms with Crippen LogP contribution in [-0.2, 0) is 4.79 Å². The SMILES string of the molecule is O=C(CN1CCCCCC1)Nc1c(Cl)c(Cl)cc(Cl)c1Cl. The smallest absolute Gasteiger partial charge is 0.238 e. The van der Waals surface area contributed by atoms with Crippen molar-refractivity contribution in [2.24, 2.45) is 0 Å². The molecule has 116 valence electrons. The molecule has 0 bridgehead atoms. The number of likely N-dealkylation sites (tertiary alicyclic amines) is 1. The van der Waals surface area contributed by atoms with Crippen LogP contribution in [0.5, 0.6) is 0 Å². The molecule has 1 aliphatic rings. The quantitative estimate of drug-likeness (QED) is 0.750. The summed E-state index contributed by atoms with van der Waals surface area (Å²) < 4.78 is 0. The molecule has 1 aliphatic heterocycles. The number of nitrogens with zero attached hydrogens (tertiary/aromatic N) is 1. The number of rotatable bonds is 3. The topological polar surface area (TPSA) is 32.3 Å². The molecule has 0 spiro atoms. The summed E-state index contributed by atoms with van der Waals surface area (Å²) in [5.74, 6) is -0.168. The Hall–Kier alpha value is -0.190. The first-order valence-corrected chi connectivity index (χ1v) is 8.35. The summed E-state index contributed by atoms with van der Waals surface area (Å²) >= 11 is 24.1. The Morgan fingerprint density at radius 3 is 2.05 bits per heavy atom. The molecular weight excluding hydrogens is 354 g/mol. The fraction of sp³-hybridized carbons (Fsp3) is 0.500. The molecule has 1 heterocycles. The van der Waals surface area contributed by atoms with Crippen LogP contribution in [0.3, 0.4) is 0 Å². The summed E-state index contributed by atoms with van der Waals surface area (Å²) in [5.41, 5.74) is 0.274. The van der Waals surface area contributed by atoms with Crippen LogP contribution in [0.2, 0.25) is 20.1 Å². The lowest BCUT2D eigenvalue weighted by Gasteiger charge is -2.19. The highest BCUT2D eigenvalue weighted by atomic mass is 35.5. The third-order valence-corrected chi connectivity index (χ3v) is 5.02. The van der Waals surface area contributed by atoms with E-state index in [-0.39, 0.29) is 31.7 Å². The fourth-order valence-corrected chi connectivity index (χ4v) is 3.26. The van der Waals surface area contributed by atoms with Crippen LogP contribution in [0.4, 0.5) is 5.69 Å². The van der Waals surface area contributed by atoms with Crippen molar-refractivity contribution in [3.63, 3.8) is 0 Å². The number of carbonyl (C=O) groups excluding carboxylic acids is 1. The number of hydrogen-bond acceptors (Lipinski definition) is 2. The summed E-state index contributed by atoms with van der Waals surface area (Å²) in [4.78, 5) is 14.3. The highest BCUT2D eigenvalue weighted by Gasteiger charge is 2.18. The van der Waals surface area contributed by atoms with Gasteiger partial charge in [-0.3, -0.25) is 9.69 Å². The second kappa shape index (κ2) is 7.89. The van der Waals surface area contributed by atoms with E-state index in [2.05, 4.69) is 10.2 Å². The van der Waals surface area contributed by atoms with Gasteiger partial charge in [-0.2, -0.15) is 0 Å². The van der Waals surface area contributed by atoms with Gasteiger partial charge < -0.3 is 5.32 Å². The van der Waals surface area contributed by atoms with Gasteiger partial charge in [0.1, 0.15) is 0 Å². The summed E-state index contributed by atoms with van der Waals surface area (Å²) in [6.45, 7) is 2.19. The maximum Gasteiger partial charge on any atom is 0.238 e. The van der Waals surface area contributed by atoms with Crippen molar-refractivity contribution in [3.05, 3.63) is 26.2 Å². The summed E-state index contributed by atoms with van der Waals surface area (Å²) in [7, 11) is 0. The Morgan fingerprint density at radius 2 is 1.52 bits per heavy atom. The van der Waals surface area contributed by atoms with Crippen molar-refractivity contribution in [1.29, 1.82) is 0 Å². The number of nitrogens with one attached hydrogen (secondary N) is 1. The molecule has 1 amide bonds. The van der Waals surface area contributed by atoms with E-state index in [4.69, 9.17) is 46.4 Å². The number of halogens is 4. The van der Waals surface area contributed by atoms with Crippen molar-refractivity contribution < 1.29 is 4.79 Å². The Labute approximate surface area is 144 Å². The lowest BCUT2D eigenvalue weighted by atomic mass is 10.2. The zero-order valence-electron chi connectivity index (χ0n) is 11.4. The molecule has 1 N–H and O–H groups in total. The summed E-state index contributed by atoms with van der Waals surface area (Å²) in [6.07, 6.45) is 4.69. The molecule has 0 aliphatic carbocycles. The maximum atomic E-state index is 12.2. The first-order valence-electron chi connectivity index (χ1n) is 6.84. The van der Waals surface area contributed by atoms with Gasteiger partial charge >= 0.3 is 0 Å². The molecule has 3 nitrogen and oxygen atoms in total. The second-order valence-corrected chi connectivity index (χ2v) is 6.65. The van der Waals surface area contributed by atoms with Gasteiger partial charge in [0.05, 0.1) is 32.3 Å². The van der Waals surface area contributed by atoms with Crippen molar-refractivity contribution in [1.82, 2.24) is 4.90 Å². The molecule has 1 aromatic rings. The van der Waals surface area contributed by atoms with Crippen molar-refractivity contribution in [2.45, 2.75) is 25.7 Å². The summed E-state index contributed by atoms with van der Waals surface area (Å²) in [5, 5.41) is 3.64. The molecule has 1 fully saturated rings. The van der Waals surface area contributed by atoms with Gasteiger partial charge in [-0.15, -0.1) is 0 Å². The Morgan fingerprint density at radius 1 is 1.00 bits per heavy atom. The highest BCUT2D eigenvalue weighted by molar-refractivity contribution is 6.50. The third-order valence-electron chi connectivity index (χ3n) is 3.44. The van der Waals surface area contributed by atoms with Crippen LogP contribution < -0.4 is 5.32 Å². The largest absolute Gasteiger partial charge is 0.322 e. The highest BCUT2D eigenvalue weighted by Crippen LogP contribution is 2.40. The van der Waals surface area contributed by atoms with Crippen LogP contribution in [0.1, 0.15) is 25.7 Å². The van der Waals surface area contributed by atoms with E-state index in [1.165, 1.54) is 18.9 Å². The van der Waals surface area contributed by atoms with Crippen LogP contribution in [0.15, 0.2) is 6.07 Å². The van der Waals surface area contributed by atoms with Gasteiger partial charge in [0, 0.05) is 0 Å². The first-order chi connectivity index (χ1) is 9.99. The van der Waals surface area contributed by atoms with Gasteiger partial charge in [-0.05, 0) is 32.0 Å². The molecule has 7 heteroatoms. The lowest BCUT2D eigenvalue weighted by molar-refractivity contribution is -0.117. The molecule has 0 unspecified atom stereocenters. The predicted octanol–water partition coefficient (Wildman–Crippen LogP) is 5.11. The van der Waals surface area contributed by atoms with Crippen molar-refractivity contribution in [3.8, 4) is 0 Å². The van der Waals surface area contributed by atoms with Gasteiger partial charge in [0.25, 0.3) is 0 Å². The standard InChI is InChI=1S/C14H16Cl4N2O/c15-9-7-10(16)13(18)14(12(9)17)19-11(21)8-20-5-3-1-2-4-6-20/h7H,1-6,8H2,(H,19,21). The minimum atomic E-state index is -0.168. The van der Waals surface area contributed by atoms with E-state index >= 15 is 0 Å². The zero-order chi connectivity index (χ0) is 15.4. The Kier molecular flexibility index (Phi) is 6.45. The van der Waals surface area contributed by atoms with E-state index in [1.54, 1.807) is 0 Å². The molecule has 0 saturated carbocycles. The van der Waals surface area contributed by atoms with Crippen LogP contribution in [-0.4, -0.2) is 30.4 Å². The number of hydrogen-bond donors (Lipinski definition) is 1. The van der Waals surface area contributed by atoms with E-state index in [0.717, 1.165) is 25.9 Å². The number of amides is 1. The van der Waals surface area contributed by atoms with Crippen molar-refractivity contribution >= 4 is 58.0 Å². The van der Waals surface area contributed by atoms with Crippen molar-refractivity contribution in [2.75, 3.05) is 25.0 Å². The predicted molar refractivity (Wildman–Crippen MR) is 90.0 cm³/mol. The first kappa shape index (κ1) is 17.2. The summed E-state index contributed by atoms with van der Waals surface area (Å²) in [6, 6.07) is 1.46. The fourth-order valence-electron chi connectivity index (χ4n) is 2.36. The minimum Gasteiger partial charge on any atom is -0.322 e. The molecule has 0 atom stereocenters. The molecule has 0 aromatic heterocycles. The maximum absolute atomic E-state index is 12.2. The van der Waals surface area contributed by atoms with Crippen LogP contribution >= 0.6 is 46.4 Å². The number of anilines is 1.